The van der Waals surface area contributed by atoms with Crippen molar-refractivity contribution in [3.8, 4) is 0 Å². The summed E-state index contributed by atoms with van der Waals surface area (Å²) in [6.07, 6.45) is 3.91. The van der Waals surface area contributed by atoms with Gasteiger partial charge in [0.2, 0.25) is 0 Å². The quantitative estimate of drug-likeness (QED) is 0.618. The molecule has 0 spiro atoms. The fraction of sp³-hybridized carbons (Fsp3) is 0.571. The molecule has 0 saturated carbocycles. The van der Waals surface area contributed by atoms with Gasteiger partial charge in [0.05, 0.1) is 0 Å². The van der Waals surface area contributed by atoms with Gasteiger partial charge in [-0.15, -0.1) is 0 Å². The van der Waals surface area contributed by atoms with Crippen LogP contribution in [0.1, 0.15) is 62.1 Å². The minimum Gasteiger partial charge on any atom is -0.0617 e. The predicted molar refractivity (Wildman–Crippen MR) is 61.9 cm³/mol. The van der Waals surface area contributed by atoms with Crippen LogP contribution in [0.25, 0.3) is 0 Å². The van der Waals surface area contributed by atoms with Gasteiger partial charge < -0.3 is 0 Å². The van der Waals surface area contributed by atoms with E-state index in [2.05, 4.69) is 39.0 Å². The van der Waals surface area contributed by atoms with E-state index in [1.807, 2.05) is 0 Å². The zero-order valence-electron chi connectivity index (χ0n) is 9.51. The molecule has 1 aliphatic carbocycles. The molecule has 1 aromatic carbocycles. The summed E-state index contributed by atoms with van der Waals surface area (Å²) in [5, 5.41) is 0. The van der Waals surface area contributed by atoms with E-state index in [9.17, 15) is 0 Å². The number of fused-ring (bicyclic) bond motifs is 1. The van der Waals surface area contributed by atoms with Crippen molar-refractivity contribution < 1.29 is 0 Å². The standard InChI is InChI=1S/C14H20/c1-4-12-6-5-7-13-10(2)8-9-11(3)14(12)13/h5-7,10-11H,4,8-9H2,1-3H3. The average Bonchev–Trinajstić information content (AvgIpc) is 2.23. The van der Waals surface area contributed by atoms with Crippen LogP contribution in [-0.2, 0) is 6.42 Å². The third-order valence-corrected chi connectivity index (χ3v) is 3.67. The molecule has 14 heavy (non-hydrogen) atoms. The summed E-state index contributed by atoms with van der Waals surface area (Å²) in [7, 11) is 0. The summed E-state index contributed by atoms with van der Waals surface area (Å²) >= 11 is 0. The van der Waals surface area contributed by atoms with Gasteiger partial charge in [-0.2, -0.15) is 0 Å². The highest BCUT2D eigenvalue weighted by molar-refractivity contribution is 5.41. The zero-order chi connectivity index (χ0) is 10.1. The second kappa shape index (κ2) is 3.76. The highest BCUT2D eigenvalue weighted by Crippen LogP contribution is 2.39. The molecule has 0 heteroatoms. The van der Waals surface area contributed by atoms with Gasteiger partial charge in [0.1, 0.15) is 0 Å². The van der Waals surface area contributed by atoms with E-state index in [4.69, 9.17) is 0 Å². The van der Waals surface area contributed by atoms with Crippen LogP contribution in [0.5, 0.6) is 0 Å². The van der Waals surface area contributed by atoms with Crippen molar-refractivity contribution in [2.75, 3.05) is 0 Å². The largest absolute Gasteiger partial charge is 0.0617 e. The Hall–Kier alpha value is -0.780. The van der Waals surface area contributed by atoms with Gasteiger partial charge in [0.25, 0.3) is 0 Å². The van der Waals surface area contributed by atoms with Gasteiger partial charge in [0.15, 0.2) is 0 Å². The van der Waals surface area contributed by atoms with Crippen molar-refractivity contribution >= 4 is 0 Å². The zero-order valence-corrected chi connectivity index (χ0v) is 9.51. The fourth-order valence-electron chi connectivity index (χ4n) is 2.77. The normalized spacial score (nSPS) is 25.9. The first kappa shape index (κ1) is 9.76. The molecular formula is C14H20. The summed E-state index contributed by atoms with van der Waals surface area (Å²) in [6.45, 7) is 7.01. The second-order valence-corrected chi connectivity index (χ2v) is 4.65. The number of aryl methyl sites for hydroxylation is 1. The minimum absolute atomic E-state index is 0.771. The third-order valence-electron chi connectivity index (χ3n) is 3.67. The van der Waals surface area contributed by atoms with E-state index in [0.29, 0.717) is 0 Å². The Morgan fingerprint density at radius 1 is 1.14 bits per heavy atom. The Labute approximate surface area is 87.3 Å². The van der Waals surface area contributed by atoms with Gasteiger partial charge in [-0.25, -0.2) is 0 Å². The lowest BCUT2D eigenvalue weighted by Crippen LogP contribution is -2.12. The first-order valence-corrected chi connectivity index (χ1v) is 5.85. The van der Waals surface area contributed by atoms with Crippen molar-refractivity contribution in [3.63, 3.8) is 0 Å². The molecule has 2 unspecified atom stereocenters. The minimum atomic E-state index is 0.771. The summed E-state index contributed by atoms with van der Waals surface area (Å²) < 4.78 is 0. The molecule has 0 heterocycles. The van der Waals surface area contributed by atoms with Crippen LogP contribution in [0.3, 0.4) is 0 Å². The topological polar surface area (TPSA) is 0 Å². The van der Waals surface area contributed by atoms with E-state index in [1.54, 1.807) is 16.7 Å². The molecule has 0 N–H and O–H groups in total. The fourth-order valence-corrected chi connectivity index (χ4v) is 2.77. The molecule has 0 bridgehead atoms. The lowest BCUT2D eigenvalue weighted by Gasteiger charge is -2.29. The Morgan fingerprint density at radius 3 is 2.57 bits per heavy atom. The highest BCUT2D eigenvalue weighted by Gasteiger charge is 2.23. The molecule has 0 amide bonds. The van der Waals surface area contributed by atoms with Crippen LogP contribution in [0.2, 0.25) is 0 Å². The molecule has 2 atom stereocenters. The molecule has 0 radical (unpaired) electrons. The Morgan fingerprint density at radius 2 is 1.86 bits per heavy atom. The molecule has 0 nitrogen and oxygen atoms in total. The molecular weight excluding hydrogens is 168 g/mol. The number of hydrogen-bond donors (Lipinski definition) is 0. The highest BCUT2D eigenvalue weighted by atomic mass is 14.3. The second-order valence-electron chi connectivity index (χ2n) is 4.65. The van der Waals surface area contributed by atoms with Gasteiger partial charge in [-0.05, 0) is 47.8 Å². The Bertz CT molecular complexity index is 325. The summed E-state index contributed by atoms with van der Waals surface area (Å²) in [5.74, 6) is 1.55. The Balaban J connectivity index is 2.54. The lowest BCUT2D eigenvalue weighted by atomic mass is 9.76. The number of benzene rings is 1. The molecule has 0 aromatic heterocycles. The molecule has 2 rings (SSSR count). The van der Waals surface area contributed by atoms with Crippen LogP contribution >= 0.6 is 0 Å². The predicted octanol–water partition coefficient (Wildman–Crippen LogP) is 4.25. The average molecular weight is 188 g/mol. The van der Waals surface area contributed by atoms with E-state index in [0.717, 1.165) is 11.8 Å². The third kappa shape index (κ3) is 1.47. The van der Waals surface area contributed by atoms with Crippen LogP contribution in [0.15, 0.2) is 18.2 Å². The van der Waals surface area contributed by atoms with E-state index in [-0.39, 0.29) is 0 Å². The van der Waals surface area contributed by atoms with Crippen LogP contribution in [0.4, 0.5) is 0 Å². The summed E-state index contributed by atoms with van der Waals surface area (Å²) in [5.41, 5.74) is 4.85. The first-order chi connectivity index (χ1) is 6.74. The number of hydrogen-bond acceptors (Lipinski definition) is 0. The molecule has 1 aliphatic rings. The van der Waals surface area contributed by atoms with Crippen LogP contribution in [-0.4, -0.2) is 0 Å². The first-order valence-electron chi connectivity index (χ1n) is 5.85. The van der Waals surface area contributed by atoms with Gasteiger partial charge in [-0.1, -0.05) is 39.0 Å². The van der Waals surface area contributed by atoms with E-state index in [1.165, 1.54) is 19.3 Å². The van der Waals surface area contributed by atoms with E-state index < -0.39 is 0 Å². The number of rotatable bonds is 1. The Kier molecular flexibility index (Phi) is 2.62. The van der Waals surface area contributed by atoms with Crippen molar-refractivity contribution in [1.82, 2.24) is 0 Å². The maximum Gasteiger partial charge on any atom is -0.0185 e. The summed E-state index contributed by atoms with van der Waals surface area (Å²) in [4.78, 5) is 0. The van der Waals surface area contributed by atoms with Gasteiger partial charge >= 0.3 is 0 Å². The molecule has 1 aromatic rings. The maximum atomic E-state index is 2.38. The van der Waals surface area contributed by atoms with E-state index >= 15 is 0 Å². The van der Waals surface area contributed by atoms with Gasteiger partial charge in [0, 0.05) is 0 Å². The molecule has 76 valence electrons. The lowest BCUT2D eigenvalue weighted by molar-refractivity contribution is 0.523. The van der Waals surface area contributed by atoms with Gasteiger partial charge in [-0.3, -0.25) is 0 Å². The van der Waals surface area contributed by atoms with Crippen molar-refractivity contribution in [3.05, 3.63) is 34.9 Å². The molecule has 0 fully saturated rings. The van der Waals surface area contributed by atoms with Crippen molar-refractivity contribution in [2.24, 2.45) is 0 Å². The monoisotopic (exact) mass is 188 g/mol. The van der Waals surface area contributed by atoms with Crippen LogP contribution in [0, 0.1) is 0 Å². The summed E-state index contributed by atoms with van der Waals surface area (Å²) in [6, 6.07) is 6.86. The SMILES string of the molecule is CCc1cccc2c1C(C)CCC2C. The van der Waals surface area contributed by atoms with Crippen molar-refractivity contribution in [1.29, 1.82) is 0 Å². The van der Waals surface area contributed by atoms with Crippen molar-refractivity contribution in [2.45, 2.75) is 51.9 Å². The molecule has 0 saturated heterocycles. The van der Waals surface area contributed by atoms with Crippen LogP contribution < -0.4 is 0 Å². The maximum absolute atomic E-state index is 2.38. The molecule has 0 aliphatic heterocycles. The smallest absolute Gasteiger partial charge is 0.0185 e.